The molecule has 3 unspecified atom stereocenters. The molecule has 11 heteroatoms. The number of carbonyl (C=O) groups excluding carboxylic acids is 3. The molecule has 0 aliphatic carbocycles. The number of aromatic amines is 1. The first-order valence-electron chi connectivity index (χ1n) is 10.7. The van der Waals surface area contributed by atoms with E-state index in [0.717, 1.165) is 5.56 Å². The Balaban J connectivity index is 1.71. The number of nitrogens with one attached hydrogen (secondary N) is 3. The summed E-state index contributed by atoms with van der Waals surface area (Å²) in [5.74, 6) is -2.62. The smallest absolute Gasteiger partial charge is 0.322 e. The molecule has 33 heavy (non-hydrogen) atoms. The van der Waals surface area contributed by atoms with E-state index in [1.54, 1.807) is 6.20 Å². The number of aliphatic carboxylic acids is 1. The first-order chi connectivity index (χ1) is 15.8. The average molecular weight is 457 g/mol. The zero-order valence-electron chi connectivity index (χ0n) is 18.1. The van der Waals surface area contributed by atoms with Crippen LogP contribution < -0.4 is 16.4 Å². The molecule has 11 nitrogen and oxygen atoms in total. The van der Waals surface area contributed by atoms with E-state index >= 15 is 0 Å². The zero-order chi connectivity index (χ0) is 23.8. The molecule has 176 valence electrons. The number of imidazole rings is 1. The van der Waals surface area contributed by atoms with Gasteiger partial charge in [-0.3, -0.25) is 19.2 Å². The Bertz CT molecular complexity index is 965. The lowest BCUT2D eigenvalue weighted by atomic mass is 10.0. The Morgan fingerprint density at radius 3 is 2.64 bits per heavy atom. The van der Waals surface area contributed by atoms with Gasteiger partial charge in [-0.05, 0) is 24.8 Å². The molecule has 3 amide bonds. The number of amides is 3. The first-order valence-corrected chi connectivity index (χ1v) is 10.7. The Kier molecular flexibility index (Phi) is 8.14. The maximum atomic E-state index is 13.4. The van der Waals surface area contributed by atoms with Crippen molar-refractivity contribution in [3.63, 3.8) is 0 Å². The minimum Gasteiger partial charge on any atom is -0.480 e. The molecule has 1 aromatic carbocycles. The Hall–Kier alpha value is -3.73. The van der Waals surface area contributed by atoms with E-state index in [9.17, 15) is 19.2 Å². The van der Waals surface area contributed by atoms with E-state index in [1.165, 1.54) is 11.2 Å². The van der Waals surface area contributed by atoms with Crippen LogP contribution in [0.3, 0.4) is 0 Å². The Labute approximate surface area is 190 Å². The Morgan fingerprint density at radius 2 is 1.97 bits per heavy atom. The number of carboxylic acids is 1. The van der Waals surface area contributed by atoms with E-state index in [-0.39, 0.29) is 6.42 Å². The fourth-order valence-corrected chi connectivity index (χ4v) is 3.84. The molecule has 6 N–H and O–H groups in total. The maximum Gasteiger partial charge on any atom is 0.322 e. The van der Waals surface area contributed by atoms with Gasteiger partial charge in [-0.2, -0.15) is 0 Å². The third kappa shape index (κ3) is 6.62. The van der Waals surface area contributed by atoms with E-state index in [1.807, 2.05) is 30.3 Å². The van der Waals surface area contributed by atoms with Gasteiger partial charge in [-0.25, -0.2) is 4.98 Å². The monoisotopic (exact) mass is 456 g/mol. The predicted molar refractivity (Wildman–Crippen MR) is 118 cm³/mol. The van der Waals surface area contributed by atoms with Gasteiger partial charge in [0, 0.05) is 24.9 Å². The number of likely N-dealkylation sites (tertiary alicyclic amines) is 1. The number of hydrogen-bond donors (Lipinski definition) is 5. The molecular formula is C22H28N6O5. The van der Waals surface area contributed by atoms with Gasteiger partial charge in [-0.1, -0.05) is 30.3 Å². The first kappa shape index (κ1) is 23.9. The summed E-state index contributed by atoms with van der Waals surface area (Å²) in [6, 6.07) is 6.69. The van der Waals surface area contributed by atoms with Crippen molar-refractivity contribution in [3.05, 3.63) is 54.1 Å². The molecule has 3 atom stereocenters. The van der Waals surface area contributed by atoms with Crippen molar-refractivity contribution in [1.82, 2.24) is 25.5 Å². The summed E-state index contributed by atoms with van der Waals surface area (Å²) in [5.41, 5.74) is 7.62. The highest BCUT2D eigenvalue weighted by molar-refractivity contribution is 5.94. The molecule has 0 radical (unpaired) electrons. The van der Waals surface area contributed by atoms with Crippen LogP contribution in [-0.2, 0) is 32.0 Å². The van der Waals surface area contributed by atoms with Crippen LogP contribution in [0.1, 0.15) is 24.1 Å². The van der Waals surface area contributed by atoms with Gasteiger partial charge in [0.05, 0.1) is 12.4 Å². The maximum absolute atomic E-state index is 13.4. The van der Waals surface area contributed by atoms with Crippen molar-refractivity contribution < 1.29 is 24.3 Å². The van der Waals surface area contributed by atoms with E-state index in [0.29, 0.717) is 31.5 Å². The second-order valence-electron chi connectivity index (χ2n) is 7.94. The highest BCUT2D eigenvalue weighted by Crippen LogP contribution is 2.19. The van der Waals surface area contributed by atoms with Gasteiger partial charge < -0.3 is 31.4 Å². The third-order valence-corrected chi connectivity index (χ3v) is 5.48. The lowest BCUT2D eigenvalue weighted by Gasteiger charge is -2.29. The number of benzene rings is 1. The van der Waals surface area contributed by atoms with Crippen LogP contribution in [0, 0.1) is 0 Å². The molecule has 1 aliphatic heterocycles. The molecule has 0 saturated carbocycles. The number of nitrogens with zero attached hydrogens (tertiary/aromatic N) is 2. The summed E-state index contributed by atoms with van der Waals surface area (Å²) < 4.78 is 0. The number of rotatable bonds is 10. The quantitative estimate of drug-likeness (QED) is 0.311. The van der Waals surface area contributed by atoms with Crippen LogP contribution in [0.15, 0.2) is 42.9 Å². The van der Waals surface area contributed by atoms with Gasteiger partial charge >= 0.3 is 5.97 Å². The second kappa shape index (κ2) is 11.2. The molecule has 2 heterocycles. The fourth-order valence-electron chi connectivity index (χ4n) is 3.84. The van der Waals surface area contributed by atoms with Crippen molar-refractivity contribution in [3.8, 4) is 0 Å². The summed E-state index contributed by atoms with van der Waals surface area (Å²) in [6.07, 6.45) is 4.48. The molecule has 1 aliphatic rings. The zero-order valence-corrected chi connectivity index (χ0v) is 18.1. The normalized spacial score (nSPS) is 17.2. The number of carboxylic acid groups (broad SMARTS) is 1. The number of nitrogens with two attached hydrogens (primary N) is 1. The van der Waals surface area contributed by atoms with Crippen molar-refractivity contribution in [2.45, 2.75) is 43.8 Å². The van der Waals surface area contributed by atoms with Crippen molar-refractivity contribution in [2.75, 3.05) is 13.1 Å². The molecule has 1 saturated heterocycles. The number of carbonyl (C=O) groups is 4. The molecule has 0 bridgehead atoms. The topological polar surface area (TPSA) is 171 Å². The van der Waals surface area contributed by atoms with Crippen LogP contribution in [0.2, 0.25) is 0 Å². The minimum absolute atomic E-state index is 0.141. The average Bonchev–Trinajstić information content (AvgIpc) is 3.49. The van der Waals surface area contributed by atoms with E-state index in [2.05, 4.69) is 20.6 Å². The van der Waals surface area contributed by atoms with Crippen LogP contribution in [0.25, 0.3) is 0 Å². The van der Waals surface area contributed by atoms with E-state index in [4.69, 9.17) is 10.8 Å². The largest absolute Gasteiger partial charge is 0.480 e. The van der Waals surface area contributed by atoms with Crippen molar-refractivity contribution >= 4 is 23.7 Å². The second-order valence-corrected chi connectivity index (χ2v) is 7.94. The van der Waals surface area contributed by atoms with Gasteiger partial charge in [-0.15, -0.1) is 0 Å². The lowest BCUT2D eigenvalue weighted by molar-refractivity contribution is -0.142. The molecule has 1 fully saturated rings. The van der Waals surface area contributed by atoms with Crippen LogP contribution in [0.4, 0.5) is 0 Å². The highest BCUT2D eigenvalue weighted by Gasteiger charge is 2.38. The van der Waals surface area contributed by atoms with Gasteiger partial charge in [0.1, 0.15) is 18.6 Å². The van der Waals surface area contributed by atoms with Gasteiger partial charge in [0.15, 0.2) is 0 Å². The number of H-pyrrole nitrogens is 1. The standard InChI is InChI=1S/C22H28N6O5/c23-16(9-14-5-2-1-3-6-14)20(31)27-17(10-15-11-24-13-26-15)22(33)28-8-4-7-18(28)21(32)25-12-19(29)30/h1-3,5-6,11,13,16-18H,4,7-10,12,23H2,(H,24,26)(H,25,32)(H,27,31)(H,29,30). The van der Waals surface area contributed by atoms with Crippen molar-refractivity contribution in [2.24, 2.45) is 5.73 Å². The summed E-state index contributed by atoms with van der Waals surface area (Å²) >= 11 is 0. The van der Waals surface area contributed by atoms with Crippen molar-refractivity contribution in [1.29, 1.82) is 0 Å². The molecule has 3 rings (SSSR count). The Morgan fingerprint density at radius 1 is 1.21 bits per heavy atom. The van der Waals surface area contributed by atoms with E-state index < -0.39 is 48.4 Å². The van der Waals surface area contributed by atoms with Crippen LogP contribution in [-0.4, -0.2) is 74.9 Å². The van der Waals surface area contributed by atoms with Gasteiger partial charge in [0.25, 0.3) is 0 Å². The van der Waals surface area contributed by atoms with Gasteiger partial charge in [0.2, 0.25) is 17.7 Å². The molecule has 2 aromatic rings. The number of hydrogen-bond acceptors (Lipinski definition) is 6. The molecule has 0 spiro atoms. The molecule has 1 aromatic heterocycles. The van der Waals surface area contributed by atoms with Crippen LogP contribution >= 0.6 is 0 Å². The molecular weight excluding hydrogens is 428 g/mol. The predicted octanol–water partition coefficient (Wildman–Crippen LogP) is -0.801. The SMILES string of the molecule is NC(Cc1ccccc1)C(=O)NC(Cc1cnc[nH]1)C(=O)N1CCCC1C(=O)NCC(=O)O. The number of aromatic nitrogens is 2. The summed E-state index contributed by atoms with van der Waals surface area (Å²) in [5, 5.41) is 13.9. The summed E-state index contributed by atoms with van der Waals surface area (Å²) in [4.78, 5) is 57.7. The van der Waals surface area contributed by atoms with Crippen LogP contribution in [0.5, 0.6) is 0 Å². The third-order valence-electron chi connectivity index (χ3n) is 5.48. The lowest BCUT2D eigenvalue weighted by Crippen LogP contribution is -2.56. The fraction of sp³-hybridized carbons (Fsp3) is 0.409. The minimum atomic E-state index is -1.17. The summed E-state index contributed by atoms with van der Waals surface area (Å²) in [6.45, 7) is -0.199. The highest BCUT2D eigenvalue weighted by atomic mass is 16.4. The summed E-state index contributed by atoms with van der Waals surface area (Å²) in [7, 11) is 0.